The van der Waals surface area contributed by atoms with Crippen molar-refractivity contribution in [3.8, 4) is 0 Å². The van der Waals surface area contributed by atoms with Gasteiger partial charge in [0, 0.05) is 7.11 Å². The minimum absolute atomic E-state index is 0.0347. The maximum absolute atomic E-state index is 9.74. The topological polar surface area (TPSA) is 38.7 Å². The third-order valence-electron chi connectivity index (χ3n) is 3.26. The summed E-state index contributed by atoms with van der Waals surface area (Å²) in [5.41, 5.74) is 0. The Morgan fingerprint density at radius 1 is 1.23 bits per heavy atom. The van der Waals surface area contributed by atoms with E-state index in [1.807, 2.05) is 0 Å². The van der Waals surface area contributed by atoms with Crippen LogP contribution in [0, 0.1) is 5.92 Å². The molecule has 3 heteroatoms. The standard InChI is InChI=1S/C10H18O3/c1-12-9-6-5-7-3-2-4-8(11)10(7)13-9/h7-11H,2-6H2,1H3/t7-,8+,9?,10-/m1/s1. The largest absolute Gasteiger partial charge is 0.390 e. The molecule has 76 valence electrons. The van der Waals surface area contributed by atoms with Gasteiger partial charge in [-0.2, -0.15) is 0 Å². The van der Waals surface area contributed by atoms with Gasteiger partial charge in [0.2, 0.25) is 0 Å². The number of ether oxygens (including phenoxy) is 2. The number of fused-ring (bicyclic) bond motifs is 1. The fourth-order valence-corrected chi connectivity index (χ4v) is 2.51. The van der Waals surface area contributed by atoms with E-state index in [1.165, 1.54) is 6.42 Å². The van der Waals surface area contributed by atoms with E-state index in [4.69, 9.17) is 9.47 Å². The van der Waals surface area contributed by atoms with Crippen molar-refractivity contribution in [1.82, 2.24) is 0 Å². The summed E-state index contributed by atoms with van der Waals surface area (Å²) in [6.07, 6.45) is 5.03. The molecule has 1 N–H and O–H groups in total. The second kappa shape index (κ2) is 3.95. The maximum atomic E-state index is 9.74. The Kier molecular flexibility index (Phi) is 2.86. The second-order valence-electron chi connectivity index (χ2n) is 4.10. The Balaban J connectivity index is 1.97. The lowest BCUT2D eigenvalue weighted by Gasteiger charge is -2.41. The van der Waals surface area contributed by atoms with E-state index in [0.29, 0.717) is 5.92 Å². The molecule has 0 bridgehead atoms. The molecule has 1 aliphatic heterocycles. The molecule has 1 saturated carbocycles. The van der Waals surface area contributed by atoms with Crippen molar-refractivity contribution in [1.29, 1.82) is 0 Å². The van der Waals surface area contributed by atoms with Crippen LogP contribution in [0.3, 0.4) is 0 Å². The molecule has 2 aliphatic rings. The van der Waals surface area contributed by atoms with Crippen LogP contribution in [0.5, 0.6) is 0 Å². The molecule has 0 aromatic carbocycles. The van der Waals surface area contributed by atoms with Crippen LogP contribution >= 0.6 is 0 Å². The van der Waals surface area contributed by atoms with Gasteiger partial charge in [0.1, 0.15) is 0 Å². The highest BCUT2D eigenvalue weighted by molar-refractivity contribution is 4.86. The Labute approximate surface area is 79.0 Å². The zero-order valence-electron chi connectivity index (χ0n) is 8.11. The average molecular weight is 186 g/mol. The van der Waals surface area contributed by atoms with Crippen molar-refractivity contribution in [3.05, 3.63) is 0 Å². The monoisotopic (exact) mass is 186 g/mol. The molecule has 0 spiro atoms. The highest BCUT2D eigenvalue weighted by Gasteiger charge is 2.38. The zero-order chi connectivity index (χ0) is 9.26. The average Bonchev–Trinajstić information content (AvgIpc) is 2.18. The molecular weight excluding hydrogens is 168 g/mol. The number of aliphatic hydroxyl groups is 1. The van der Waals surface area contributed by atoms with Gasteiger partial charge in [0.15, 0.2) is 6.29 Å². The number of rotatable bonds is 1. The molecule has 2 fully saturated rings. The zero-order valence-corrected chi connectivity index (χ0v) is 8.11. The highest BCUT2D eigenvalue weighted by Crippen LogP contribution is 2.35. The fourth-order valence-electron chi connectivity index (χ4n) is 2.51. The van der Waals surface area contributed by atoms with E-state index >= 15 is 0 Å². The predicted octanol–water partition coefficient (Wildman–Crippen LogP) is 1.30. The van der Waals surface area contributed by atoms with Gasteiger partial charge in [0.05, 0.1) is 12.2 Å². The van der Waals surface area contributed by atoms with Crippen LogP contribution in [0.4, 0.5) is 0 Å². The van der Waals surface area contributed by atoms with Crippen molar-refractivity contribution in [2.75, 3.05) is 7.11 Å². The molecule has 0 amide bonds. The summed E-state index contributed by atoms with van der Waals surface area (Å²) in [6, 6.07) is 0. The molecule has 1 aliphatic carbocycles. The Morgan fingerprint density at radius 3 is 2.85 bits per heavy atom. The van der Waals surface area contributed by atoms with Crippen LogP contribution in [0.15, 0.2) is 0 Å². The first-order valence-electron chi connectivity index (χ1n) is 5.17. The summed E-state index contributed by atoms with van der Waals surface area (Å²) < 4.78 is 10.8. The highest BCUT2D eigenvalue weighted by atomic mass is 16.7. The SMILES string of the molecule is COC1CC[C@H]2CCC[C@H](O)[C@@H]2O1. The molecule has 3 nitrogen and oxygen atoms in total. The Morgan fingerprint density at radius 2 is 2.08 bits per heavy atom. The van der Waals surface area contributed by atoms with E-state index in [-0.39, 0.29) is 18.5 Å². The van der Waals surface area contributed by atoms with Gasteiger partial charge >= 0.3 is 0 Å². The van der Waals surface area contributed by atoms with Crippen molar-refractivity contribution < 1.29 is 14.6 Å². The lowest BCUT2D eigenvalue weighted by atomic mass is 9.80. The molecule has 2 rings (SSSR count). The summed E-state index contributed by atoms with van der Waals surface area (Å²) in [7, 11) is 1.67. The normalized spacial score (nSPS) is 45.7. The predicted molar refractivity (Wildman–Crippen MR) is 48.3 cm³/mol. The lowest BCUT2D eigenvalue weighted by Crippen LogP contribution is -2.45. The van der Waals surface area contributed by atoms with E-state index in [0.717, 1.165) is 25.7 Å². The van der Waals surface area contributed by atoms with Gasteiger partial charge in [0.25, 0.3) is 0 Å². The first-order valence-corrected chi connectivity index (χ1v) is 5.17. The van der Waals surface area contributed by atoms with E-state index < -0.39 is 0 Å². The number of hydrogen-bond donors (Lipinski definition) is 1. The molecule has 1 unspecified atom stereocenters. The molecule has 1 heterocycles. The molecule has 0 aromatic heterocycles. The maximum Gasteiger partial charge on any atom is 0.157 e. The molecule has 0 radical (unpaired) electrons. The Hall–Kier alpha value is -0.120. The third-order valence-corrected chi connectivity index (χ3v) is 3.26. The van der Waals surface area contributed by atoms with Gasteiger partial charge in [-0.3, -0.25) is 0 Å². The lowest BCUT2D eigenvalue weighted by molar-refractivity contribution is -0.229. The summed E-state index contributed by atoms with van der Waals surface area (Å²) in [4.78, 5) is 0. The minimum Gasteiger partial charge on any atom is -0.390 e. The van der Waals surface area contributed by atoms with Crippen molar-refractivity contribution in [3.63, 3.8) is 0 Å². The summed E-state index contributed by atoms with van der Waals surface area (Å²) in [5.74, 6) is 0.565. The number of aliphatic hydroxyl groups excluding tert-OH is 1. The van der Waals surface area contributed by atoms with Gasteiger partial charge in [-0.25, -0.2) is 0 Å². The van der Waals surface area contributed by atoms with Crippen LogP contribution in [0.25, 0.3) is 0 Å². The van der Waals surface area contributed by atoms with Crippen molar-refractivity contribution >= 4 is 0 Å². The number of hydrogen-bond acceptors (Lipinski definition) is 3. The third kappa shape index (κ3) is 1.87. The first-order chi connectivity index (χ1) is 6.31. The molecular formula is C10H18O3. The summed E-state index contributed by atoms with van der Waals surface area (Å²) >= 11 is 0. The van der Waals surface area contributed by atoms with Gasteiger partial charge in [-0.1, -0.05) is 6.42 Å². The molecule has 4 atom stereocenters. The summed E-state index contributed by atoms with van der Waals surface area (Å²) in [5, 5.41) is 9.74. The van der Waals surface area contributed by atoms with Gasteiger partial charge in [-0.05, 0) is 31.6 Å². The van der Waals surface area contributed by atoms with E-state index in [9.17, 15) is 5.11 Å². The van der Waals surface area contributed by atoms with Gasteiger partial charge < -0.3 is 14.6 Å². The van der Waals surface area contributed by atoms with E-state index in [1.54, 1.807) is 7.11 Å². The fraction of sp³-hybridized carbons (Fsp3) is 1.00. The quantitative estimate of drug-likeness (QED) is 0.671. The van der Waals surface area contributed by atoms with Crippen LogP contribution in [0.1, 0.15) is 32.1 Å². The smallest absolute Gasteiger partial charge is 0.157 e. The van der Waals surface area contributed by atoms with Crippen LogP contribution in [-0.2, 0) is 9.47 Å². The van der Waals surface area contributed by atoms with Crippen LogP contribution in [0.2, 0.25) is 0 Å². The molecule has 1 saturated heterocycles. The second-order valence-corrected chi connectivity index (χ2v) is 4.10. The first kappa shape index (κ1) is 9.44. The Bertz CT molecular complexity index is 172. The van der Waals surface area contributed by atoms with Gasteiger partial charge in [-0.15, -0.1) is 0 Å². The molecule has 0 aromatic rings. The van der Waals surface area contributed by atoms with Crippen LogP contribution < -0.4 is 0 Å². The summed E-state index contributed by atoms with van der Waals surface area (Å²) in [6.45, 7) is 0. The van der Waals surface area contributed by atoms with Crippen molar-refractivity contribution in [2.24, 2.45) is 5.92 Å². The molecule has 13 heavy (non-hydrogen) atoms. The van der Waals surface area contributed by atoms with E-state index in [2.05, 4.69) is 0 Å². The van der Waals surface area contributed by atoms with Crippen molar-refractivity contribution in [2.45, 2.75) is 50.6 Å². The minimum atomic E-state index is -0.267. The van der Waals surface area contributed by atoms with Crippen LogP contribution in [-0.4, -0.2) is 30.7 Å². The number of methoxy groups -OCH3 is 1.